The minimum absolute atomic E-state index is 0.0290. The molecule has 16 heavy (non-hydrogen) atoms. The third kappa shape index (κ3) is 4.68. The molecule has 3 N–H and O–H groups in total. The molecule has 0 aliphatic carbocycles. The van der Waals surface area contributed by atoms with Crippen LogP contribution in [0.25, 0.3) is 0 Å². The van der Waals surface area contributed by atoms with Crippen molar-refractivity contribution in [3.8, 4) is 0 Å². The molecule has 0 bridgehead atoms. The Morgan fingerprint density at radius 2 is 2.06 bits per heavy atom. The molecule has 0 atom stereocenters. The van der Waals surface area contributed by atoms with E-state index in [1.165, 1.54) is 4.90 Å². The van der Waals surface area contributed by atoms with Crippen LogP contribution >= 0.6 is 11.8 Å². The van der Waals surface area contributed by atoms with E-state index in [1.807, 2.05) is 24.3 Å². The van der Waals surface area contributed by atoms with Crippen LogP contribution < -0.4 is 11.1 Å². The molecular weight excluding hydrogens is 220 g/mol. The minimum atomic E-state index is 0.0290. The summed E-state index contributed by atoms with van der Waals surface area (Å²) in [7, 11) is 0. The Morgan fingerprint density at radius 3 is 2.62 bits per heavy atom. The Labute approximate surface area is 101 Å². The second kappa shape index (κ2) is 7.30. The molecule has 0 aliphatic heterocycles. The third-order valence-corrected chi connectivity index (χ3v) is 2.95. The van der Waals surface area contributed by atoms with Crippen LogP contribution in [0.2, 0.25) is 0 Å². The maximum Gasteiger partial charge on any atom is 0.224 e. The van der Waals surface area contributed by atoms with E-state index in [4.69, 9.17) is 5.73 Å². The lowest BCUT2D eigenvalue weighted by Crippen LogP contribution is -2.13. The number of carbonyl (C=O) groups excluding carboxylic acids is 1. The standard InChI is InChI=1S/C12H18N2OS/c1-2-16-11-7-5-10(6-8-11)14-12(15)4-3-9-13/h5-8H,2-4,9,13H2,1H3,(H,14,15). The zero-order valence-electron chi connectivity index (χ0n) is 9.53. The Balaban J connectivity index is 2.45. The largest absolute Gasteiger partial charge is 0.330 e. The van der Waals surface area contributed by atoms with Crippen molar-refractivity contribution in [2.45, 2.75) is 24.7 Å². The number of benzene rings is 1. The number of nitrogens with two attached hydrogens (primary N) is 1. The smallest absolute Gasteiger partial charge is 0.224 e. The molecule has 0 aliphatic rings. The first-order valence-corrected chi connectivity index (χ1v) is 6.47. The number of carbonyl (C=O) groups is 1. The van der Waals surface area contributed by atoms with Gasteiger partial charge in [0.05, 0.1) is 0 Å². The van der Waals surface area contributed by atoms with Gasteiger partial charge in [-0.3, -0.25) is 4.79 Å². The summed E-state index contributed by atoms with van der Waals surface area (Å²) in [6.45, 7) is 2.67. The van der Waals surface area contributed by atoms with Gasteiger partial charge >= 0.3 is 0 Å². The number of rotatable bonds is 6. The summed E-state index contributed by atoms with van der Waals surface area (Å²) < 4.78 is 0. The fourth-order valence-electron chi connectivity index (χ4n) is 1.29. The average molecular weight is 238 g/mol. The topological polar surface area (TPSA) is 55.1 Å². The maximum absolute atomic E-state index is 11.4. The van der Waals surface area contributed by atoms with Crippen LogP contribution in [0.15, 0.2) is 29.2 Å². The number of hydrogen-bond acceptors (Lipinski definition) is 3. The van der Waals surface area contributed by atoms with Crippen LogP contribution in [0.3, 0.4) is 0 Å². The monoisotopic (exact) mass is 238 g/mol. The molecule has 0 saturated heterocycles. The van der Waals surface area contributed by atoms with Crippen molar-refractivity contribution in [3.63, 3.8) is 0 Å². The van der Waals surface area contributed by atoms with Gasteiger partial charge in [0.25, 0.3) is 0 Å². The normalized spacial score (nSPS) is 10.1. The highest BCUT2D eigenvalue weighted by molar-refractivity contribution is 7.99. The minimum Gasteiger partial charge on any atom is -0.330 e. The molecule has 4 heteroatoms. The van der Waals surface area contributed by atoms with E-state index in [9.17, 15) is 4.79 Å². The Hall–Kier alpha value is -1.00. The van der Waals surface area contributed by atoms with E-state index in [1.54, 1.807) is 11.8 Å². The quantitative estimate of drug-likeness (QED) is 0.749. The maximum atomic E-state index is 11.4. The molecule has 1 rings (SSSR count). The zero-order valence-corrected chi connectivity index (χ0v) is 10.3. The molecule has 0 radical (unpaired) electrons. The number of nitrogens with one attached hydrogen (secondary N) is 1. The lowest BCUT2D eigenvalue weighted by Gasteiger charge is -2.05. The Bertz CT molecular complexity index is 324. The van der Waals surface area contributed by atoms with E-state index < -0.39 is 0 Å². The molecule has 1 aromatic carbocycles. The van der Waals surface area contributed by atoms with Gasteiger partial charge < -0.3 is 11.1 Å². The van der Waals surface area contributed by atoms with Crippen LogP contribution in [0.4, 0.5) is 5.69 Å². The van der Waals surface area contributed by atoms with Gasteiger partial charge in [0, 0.05) is 17.0 Å². The summed E-state index contributed by atoms with van der Waals surface area (Å²) >= 11 is 1.79. The van der Waals surface area contributed by atoms with Crippen molar-refractivity contribution in [2.24, 2.45) is 5.73 Å². The van der Waals surface area contributed by atoms with Gasteiger partial charge in [0.1, 0.15) is 0 Å². The van der Waals surface area contributed by atoms with Gasteiger partial charge in [0.15, 0.2) is 0 Å². The van der Waals surface area contributed by atoms with Gasteiger partial charge in [-0.1, -0.05) is 6.92 Å². The second-order valence-electron chi connectivity index (χ2n) is 3.40. The zero-order chi connectivity index (χ0) is 11.8. The molecule has 0 fully saturated rings. The highest BCUT2D eigenvalue weighted by Gasteiger charge is 2.01. The van der Waals surface area contributed by atoms with Gasteiger partial charge in [-0.25, -0.2) is 0 Å². The first kappa shape index (κ1) is 13.1. The second-order valence-corrected chi connectivity index (χ2v) is 4.74. The van der Waals surface area contributed by atoms with Crippen molar-refractivity contribution in [2.75, 3.05) is 17.6 Å². The number of thioether (sulfide) groups is 1. The van der Waals surface area contributed by atoms with E-state index >= 15 is 0 Å². The van der Waals surface area contributed by atoms with Crippen LogP contribution in [-0.4, -0.2) is 18.2 Å². The fourth-order valence-corrected chi connectivity index (χ4v) is 1.95. The molecule has 0 heterocycles. The number of amides is 1. The van der Waals surface area contributed by atoms with Gasteiger partial charge in [-0.05, 0) is 43.0 Å². The van der Waals surface area contributed by atoms with E-state index in [0.29, 0.717) is 13.0 Å². The summed E-state index contributed by atoms with van der Waals surface area (Å²) in [6.07, 6.45) is 1.22. The van der Waals surface area contributed by atoms with Crippen molar-refractivity contribution < 1.29 is 4.79 Å². The third-order valence-electron chi connectivity index (χ3n) is 2.06. The Kier molecular flexibility index (Phi) is 5.96. The highest BCUT2D eigenvalue weighted by Crippen LogP contribution is 2.19. The van der Waals surface area contributed by atoms with E-state index in [-0.39, 0.29) is 5.91 Å². The van der Waals surface area contributed by atoms with Crippen molar-refractivity contribution in [3.05, 3.63) is 24.3 Å². The van der Waals surface area contributed by atoms with Crippen LogP contribution in [-0.2, 0) is 4.79 Å². The molecule has 1 amide bonds. The SMILES string of the molecule is CCSc1ccc(NC(=O)CCCN)cc1. The Morgan fingerprint density at radius 1 is 1.38 bits per heavy atom. The summed E-state index contributed by atoms with van der Waals surface area (Å²) in [5.41, 5.74) is 6.19. The lowest BCUT2D eigenvalue weighted by atomic mass is 10.2. The predicted molar refractivity (Wildman–Crippen MR) is 69.8 cm³/mol. The molecule has 88 valence electrons. The fraction of sp³-hybridized carbons (Fsp3) is 0.417. The number of anilines is 1. The lowest BCUT2D eigenvalue weighted by molar-refractivity contribution is -0.116. The molecule has 0 aromatic heterocycles. The van der Waals surface area contributed by atoms with Crippen LogP contribution in [0.5, 0.6) is 0 Å². The van der Waals surface area contributed by atoms with Gasteiger partial charge in [0.2, 0.25) is 5.91 Å². The molecule has 0 unspecified atom stereocenters. The first-order chi connectivity index (χ1) is 7.76. The van der Waals surface area contributed by atoms with Gasteiger partial charge in [-0.2, -0.15) is 0 Å². The van der Waals surface area contributed by atoms with Crippen molar-refractivity contribution in [1.82, 2.24) is 0 Å². The molecule has 3 nitrogen and oxygen atoms in total. The van der Waals surface area contributed by atoms with E-state index in [2.05, 4.69) is 12.2 Å². The predicted octanol–water partition coefficient (Wildman–Crippen LogP) is 2.48. The van der Waals surface area contributed by atoms with Gasteiger partial charge in [-0.15, -0.1) is 11.8 Å². The average Bonchev–Trinajstić information content (AvgIpc) is 2.29. The summed E-state index contributed by atoms with van der Waals surface area (Å²) in [4.78, 5) is 12.6. The first-order valence-electron chi connectivity index (χ1n) is 5.49. The van der Waals surface area contributed by atoms with E-state index in [0.717, 1.165) is 17.9 Å². The van der Waals surface area contributed by atoms with Crippen LogP contribution in [0, 0.1) is 0 Å². The molecule has 0 spiro atoms. The molecule has 0 saturated carbocycles. The summed E-state index contributed by atoms with van der Waals surface area (Å²) in [6, 6.07) is 7.90. The van der Waals surface area contributed by atoms with Crippen molar-refractivity contribution in [1.29, 1.82) is 0 Å². The molecular formula is C12H18N2OS. The summed E-state index contributed by atoms with van der Waals surface area (Å²) in [5, 5.41) is 2.84. The molecule has 1 aromatic rings. The highest BCUT2D eigenvalue weighted by atomic mass is 32.2. The van der Waals surface area contributed by atoms with Crippen molar-refractivity contribution >= 4 is 23.4 Å². The summed E-state index contributed by atoms with van der Waals surface area (Å²) in [5.74, 6) is 1.09. The van der Waals surface area contributed by atoms with Crippen LogP contribution in [0.1, 0.15) is 19.8 Å². The number of hydrogen-bond donors (Lipinski definition) is 2.